The van der Waals surface area contributed by atoms with Crippen molar-refractivity contribution in [3.05, 3.63) is 45.9 Å². The second kappa shape index (κ2) is 3.20. The number of fused-ring (bicyclic) bond motifs is 3. The molecule has 0 radical (unpaired) electrons. The Kier molecular flexibility index (Phi) is 2.02. The molecule has 4 heteroatoms. The van der Waals surface area contributed by atoms with Crippen LogP contribution in [0, 0.1) is 0 Å². The molecule has 16 heavy (non-hydrogen) atoms. The Balaban J connectivity index is 2.56. The molecule has 1 atom stereocenters. The van der Waals surface area contributed by atoms with Crippen molar-refractivity contribution in [2.75, 3.05) is 0 Å². The van der Waals surface area contributed by atoms with Crippen molar-refractivity contribution >= 4 is 40.1 Å². The first kappa shape index (κ1) is 10.1. The van der Waals surface area contributed by atoms with Crippen LogP contribution in [0.1, 0.15) is 0 Å². The van der Waals surface area contributed by atoms with Crippen LogP contribution in [-0.2, 0) is 0 Å². The smallest absolute Gasteiger partial charge is 0.255 e. The van der Waals surface area contributed by atoms with Crippen molar-refractivity contribution < 1.29 is 5.11 Å². The average Bonchev–Trinajstić information content (AvgIpc) is 2.53. The van der Waals surface area contributed by atoms with Crippen LogP contribution in [-0.4, -0.2) is 10.3 Å². The number of halogens is 2. The maximum Gasteiger partial charge on any atom is 0.255 e. The van der Waals surface area contributed by atoms with Crippen molar-refractivity contribution in [2.45, 2.75) is 5.18 Å². The van der Waals surface area contributed by atoms with Gasteiger partial charge in [0.2, 0.25) is 0 Å². The molecule has 0 saturated carbocycles. The van der Waals surface area contributed by atoms with Gasteiger partial charge in [-0.1, -0.05) is 47.5 Å². The van der Waals surface area contributed by atoms with Crippen LogP contribution >= 0.6 is 23.2 Å². The summed E-state index contributed by atoms with van der Waals surface area (Å²) in [6, 6.07) is 9.35. The summed E-state index contributed by atoms with van der Waals surface area (Å²) in [6.45, 7) is 0. The highest BCUT2D eigenvalue weighted by Gasteiger charge is 2.22. The molecule has 2 aromatic rings. The fraction of sp³-hybridized carbons (Fsp3) is 0.0833. The van der Waals surface area contributed by atoms with Gasteiger partial charge in [-0.3, -0.25) is 0 Å². The van der Waals surface area contributed by atoms with Crippen LogP contribution in [0.25, 0.3) is 16.8 Å². The van der Waals surface area contributed by atoms with Gasteiger partial charge in [-0.2, -0.15) is 0 Å². The number of aliphatic hydroxyl groups is 1. The monoisotopic (exact) mass is 251 g/mol. The van der Waals surface area contributed by atoms with Crippen molar-refractivity contribution in [3.8, 4) is 0 Å². The third kappa shape index (κ3) is 1.42. The number of hydrogen-bond acceptors (Lipinski definition) is 2. The fourth-order valence-corrected chi connectivity index (χ4v) is 2.39. The lowest BCUT2D eigenvalue weighted by Gasteiger charge is -2.03. The molecule has 80 valence electrons. The predicted octanol–water partition coefficient (Wildman–Crippen LogP) is 1.79. The number of hydrogen-bond donors (Lipinski definition) is 1. The largest absolute Gasteiger partial charge is 0.354 e. The number of nitrogens with zero attached hydrogens (tertiary/aromatic N) is 1. The highest BCUT2D eigenvalue weighted by Crippen LogP contribution is 2.22. The second-order valence-corrected chi connectivity index (χ2v) is 4.69. The van der Waals surface area contributed by atoms with Crippen LogP contribution in [0.3, 0.4) is 0 Å². The summed E-state index contributed by atoms with van der Waals surface area (Å²) in [6.07, 6.45) is 1.52. The number of benzene rings is 2. The van der Waals surface area contributed by atoms with Crippen molar-refractivity contribution in [3.63, 3.8) is 0 Å². The molecule has 1 N–H and O–H groups in total. The Bertz CT molecular complexity index is 707. The van der Waals surface area contributed by atoms with Gasteiger partial charge in [0.25, 0.3) is 5.18 Å². The Morgan fingerprint density at radius 1 is 1.12 bits per heavy atom. The van der Waals surface area contributed by atoms with Gasteiger partial charge in [-0.05, 0) is 12.1 Å². The van der Waals surface area contributed by atoms with E-state index in [-0.39, 0.29) is 0 Å². The fourth-order valence-electron chi connectivity index (χ4n) is 1.95. The average molecular weight is 252 g/mol. The van der Waals surface area contributed by atoms with Crippen LogP contribution in [0.4, 0.5) is 0 Å². The molecule has 0 aliphatic carbocycles. The molecule has 0 bridgehead atoms. The third-order valence-corrected chi connectivity index (χ3v) is 3.14. The quantitative estimate of drug-likeness (QED) is 0.562. The van der Waals surface area contributed by atoms with E-state index in [1.807, 2.05) is 30.3 Å². The van der Waals surface area contributed by atoms with Gasteiger partial charge in [-0.25, -0.2) is 4.99 Å². The van der Waals surface area contributed by atoms with Crippen molar-refractivity contribution in [1.29, 1.82) is 0 Å². The maximum atomic E-state index is 9.65. The molecule has 0 saturated heterocycles. The summed E-state index contributed by atoms with van der Waals surface area (Å²) in [5, 5.41) is 12.0. The van der Waals surface area contributed by atoms with E-state index in [0.717, 1.165) is 16.0 Å². The lowest BCUT2D eigenvalue weighted by atomic mass is 10.1. The highest BCUT2D eigenvalue weighted by molar-refractivity contribution is 6.35. The maximum absolute atomic E-state index is 9.65. The van der Waals surface area contributed by atoms with E-state index < -0.39 is 5.18 Å². The SMILES string of the molecule is OC1(Cl)C=c2ccc3c(Cl)cccc3c2=N1. The minimum atomic E-state index is -1.63. The summed E-state index contributed by atoms with van der Waals surface area (Å²) < 4.78 is 0. The van der Waals surface area contributed by atoms with Crippen LogP contribution < -0.4 is 10.6 Å². The highest BCUT2D eigenvalue weighted by atomic mass is 35.5. The molecule has 1 aliphatic heterocycles. The number of alkyl halides is 1. The molecule has 0 spiro atoms. The van der Waals surface area contributed by atoms with Gasteiger partial charge >= 0.3 is 0 Å². The van der Waals surface area contributed by atoms with Crippen LogP contribution in [0.2, 0.25) is 5.02 Å². The lowest BCUT2D eigenvalue weighted by Crippen LogP contribution is -2.21. The predicted molar refractivity (Wildman–Crippen MR) is 65.0 cm³/mol. The summed E-state index contributed by atoms with van der Waals surface area (Å²) in [7, 11) is 0. The Morgan fingerprint density at radius 3 is 2.75 bits per heavy atom. The zero-order valence-corrected chi connectivity index (χ0v) is 9.63. The second-order valence-electron chi connectivity index (χ2n) is 3.73. The minimum Gasteiger partial charge on any atom is -0.354 e. The van der Waals surface area contributed by atoms with E-state index in [0.29, 0.717) is 10.4 Å². The molecule has 2 aromatic carbocycles. The van der Waals surface area contributed by atoms with E-state index in [9.17, 15) is 5.11 Å². The Labute approximate surface area is 101 Å². The van der Waals surface area contributed by atoms with Gasteiger partial charge in [0.05, 0.1) is 5.36 Å². The van der Waals surface area contributed by atoms with Gasteiger partial charge < -0.3 is 5.11 Å². The lowest BCUT2D eigenvalue weighted by molar-refractivity contribution is 0.205. The normalized spacial score (nSPS) is 22.7. The van der Waals surface area contributed by atoms with Crippen molar-refractivity contribution in [2.24, 2.45) is 4.99 Å². The molecule has 0 amide bonds. The Morgan fingerprint density at radius 2 is 1.94 bits per heavy atom. The first-order valence-electron chi connectivity index (χ1n) is 4.78. The van der Waals surface area contributed by atoms with Gasteiger partial charge in [0, 0.05) is 21.0 Å². The Hall–Kier alpha value is -1.09. The van der Waals surface area contributed by atoms with Crippen molar-refractivity contribution in [1.82, 2.24) is 0 Å². The third-order valence-electron chi connectivity index (χ3n) is 2.62. The summed E-state index contributed by atoms with van der Waals surface area (Å²) >= 11 is 11.9. The van der Waals surface area contributed by atoms with E-state index in [4.69, 9.17) is 23.2 Å². The van der Waals surface area contributed by atoms with Gasteiger partial charge in [-0.15, -0.1) is 0 Å². The molecule has 2 nitrogen and oxygen atoms in total. The molecular weight excluding hydrogens is 245 g/mol. The summed E-state index contributed by atoms with van der Waals surface area (Å²) in [5.41, 5.74) is 0. The van der Waals surface area contributed by atoms with E-state index in [1.165, 1.54) is 6.08 Å². The molecular formula is C12H7Cl2NO. The number of rotatable bonds is 0. The summed E-state index contributed by atoms with van der Waals surface area (Å²) in [4.78, 5) is 4.06. The summed E-state index contributed by atoms with van der Waals surface area (Å²) in [5.74, 6) is 0. The molecule has 1 heterocycles. The van der Waals surface area contributed by atoms with Gasteiger partial charge in [0.15, 0.2) is 0 Å². The minimum absolute atomic E-state index is 0.667. The van der Waals surface area contributed by atoms with E-state index >= 15 is 0 Å². The van der Waals surface area contributed by atoms with Crippen LogP contribution in [0.5, 0.6) is 0 Å². The molecule has 3 rings (SSSR count). The van der Waals surface area contributed by atoms with Crippen LogP contribution in [0.15, 0.2) is 35.3 Å². The standard InChI is InChI=1S/C12H7Cl2NO/c13-10-3-1-2-9-8(10)5-4-7-6-12(14,16)15-11(7)9/h1-6,16H. The van der Waals surface area contributed by atoms with Gasteiger partial charge in [0.1, 0.15) is 0 Å². The molecule has 1 aliphatic rings. The first-order chi connectivity index (χ1) is 7.57. The molecule has 0 fully saturated rings. The zero-order chi connectivity index (χ0) is 11.3. The van der Waals surface area contributed by atoms with E-state index in [1.54, 1.807) is 0 Å². The molecule has 1 unspecified atom stereocenters. The molecule has 0 aromatic heterocycles. The first-order valence-corrected chi connectivity index (χ1v) is 5.54. The zero-order valence-electron chi connectivity index (χ0n) is 8.11. The van der Waals surface area contributed by atoms with E-state index in [2.05, 4.69) is 4.99 Å². The topological polar surface area (TPSA) is 32.6 Å².